The Morgan fingerprint density at radius 3 is 2.79 bits per heavy atom. The number of nitrogens with one attached hydrogen (secondary N) is 1. The fourth-order valence-electron chi connectivity index (χ4n) is 5.14. The van der Waals surface area contributed by atoms with Gasteiger partial charge in [-0.3, -0.25) is 4.79 Å². The molecule has 3 aliphatic rings. The molecule has 3 heterocycles. The van der Waals surface area contributed by atoms with E-state index >= 15 is 0 Å². The van der Waals surface area contributed by atoms with Crippen molar-refractivity contribution in [2.45, 2.75) is 45.1 Å². The van der Waals surface area contributed by atoms with Crippen molar-refractivity contribution in [3.05, 3.63) is 63.4 Å². The number of allylic oxidation sites excluding steroid dienone is 2. The molecule has 0 saturated carbocycles. The van der Waals surface area contributed by atoms with Gasteiger partial charge < -0.3 is 10.2 Å². The number of anilines is 1. The van der Waals surface area contributed by atoms with Crippen molar-refractivity contribution in [3.8, 4) is 0 Å². The molecule has 1 N–H and O–H groups in total. The zero-order valence-corrected chi connectivity index (χ0v) is 17.5. The van der Waals surface area contributed by atoms with Gasteiger partial charge in [-0.15, -0.1) is 11.3 Å². The molecule has 3 unspecified atom stereocenters. The van der Waals surface area contributed by atoms with Gasteiger partial charge in [0.05, 0.1) is 17.3 Å². The summed E-state index contributed by atoms with van der Waals surface area (Å²) >= 11 is 1.84. The largest absolute Gasteiger partial charge is 0.376 e. The third-order valence-corrected chi connectivity index (χ3v) is 7.98. The van der Waals surface area contributed by atoms with Gasteiger partial charge in [0.25, 0.3) is 5.91 Å². The fourth-order valence-corrected chi connectivity index (χ4v) is 6.20. The van der Waals surface area contributed by atoms with Crippen LogP contribution in [0.5, 0.6) is 0 Å². The van der Waals surface area contributed by atoms with Crippen LogP contribution in [0.25, 0.3) is 0 Å². The minimum atomic E-state index is 0.193. The number of amides is 1. The molecule has 4 heteroatoms. The van der Waals surface area contributed by atoms with Gasteiger partial charge in [0.15, 0.2) is 0 Å². The van der Waals surface area contributed by atoms with E-state index in [0.717, 1.165) is 49.5 Å². The molecule has 0 bridgehead atoms. The quantitative estimate of drug-likeness (QED) is 0.660. The number of para-hydroxylation sites is 1. The standard InChI is InChI=1S/C24H28N2OS/c1-15-9-12-26(13-10-15)24(27)20-8-4-6-18-17-5-3-7-19(17)22(25-21(18)20)23-16(2)11-14-28-23/h3-6,8,11,14-15,17,19,22,25H,7,9-10,12-13H2,1-2H3. The van der Waals surface area contributed by atoms with E-state index < -0.39 is 0 Å². The molecule has 5 rings (SSSR count). The Labute approximate surface area is 171 Å². The number of nitrogens with zero attached hydrogens (tertiary/aromatic N) is 1. The van der Waals surface area contributed by atoms with Crippen molar-refractivity contribution in [1.29, 1.82) is 0 Å². The molecule has 1 saturated heterocycles. The Morgan fingerprint density at radius 2 is 2.04 bits per heavy atom. The van der Waals surface area contributed by atoms with Crippen molar-refractivity contribution in [3.63, 3.8) is 0 Å². The molecular formula is C24H28N2OS. The van der Waals surface area contributed by atoms with Crippen molar-refractivity contribution in [2.24, 2.45) is 11.8 Å². The lowest BCUT2D eigenvalue weighted by atomic mass is 9.77. The molecule has 3 atom stereocenters. The SMILES string of the molecule is Cc1ccsc1C1Nc2c(C(=O)N3CCC(C)CC3)cccc2C2C=CCC21. The van der Waals surface area contributed by atoms with E-state index in [-0.39, 0.29) is 11.9 Å². The monoisotopic (exact) mass is 392 g/mol. The van der Waals surface area contributed by atoms with Crippen LogP contribution in [0.4, 0.5) is 5.69 Å². The van der Waals surface area contributed by atoms with Gasteiger partial charge in [-0.1, -0.05) is 31.2 Å². The summed E-state index contributed by atoms with van der Waals surface area (Å²) in [5.74, 6) is 1.85. The molecule has 1 amide bonds. The molecule has 3 nitrogen and oxygen atoms in total. The van der Waals surface area contributed by atoms with Gasteiger partial charge in [-0.05, 0) is 66.7 Å². The molecule has 2 aromatic rings. The highest BCUT2D eigenvalue weighted by molar-refractivity contribution is 7.10. The summed E-state index contributed by atoms with van der Waals surface area (Å²) < 4.78 is 0. The van der Waals surface area contributed by atoms with Gasteiger partial charge in [-0.2, -0.15) is 0 Å². The van der Waals surface area contributed by atoms with Crippen molar-refractivity contribution in [1.82, 2.24) is 4.90 Å². The first-order valence-corrected chi connectivity index (χ1v) is 11.4. The maximum absolute atomic E-state index is 13.4. The number of benzene rings is 1. The Bertz CT molecular complexity index is 922. The Morgan fingerprint density at radius 1 is 1.21 bits per heavy atom. The van der Waals surface area contributed by atoms with Crippen LogP contribution in [0.1, 0.15) is 64.5 Å². The van der Waals surface area contributed by atoms with E-state index in [1.165, 1.54) is 16.0 Å². The first-order chi connectivity index (χ1) is 13.6. The Kier molecular flexibility index (Phi) is 4.54. The number of hydrogen-bond donors (Lipinski definition) is 1. The predicted molar refractivity (Wildman–Crippen MR) is 116 cm³/mol. The average molecular weight is 393 g/mol. The van der Waals surface area contributed by atoms with Crippen LogP contribution < -0.4 is 5.32 Å². The number of hydrogen-bond acceptors (Lipinski definition) is 3. The molecule has 1 fully saturated rings. The summed E-state index contributed by atoms with van der Waals surface area (Å²) in [5, 5.41) is 6.02. The lowest BCUT2D eigenvalue weighted by Gasteiger charge is -2.39. The lowest BCUT2D eigenvalue weighted by molar-refractivity contribution is 0.0698. The number of carbonyl (C=O) groups is 1. The number of aryl methyl sites for hydroxylation is 1. The van der Waals surface area contributed by atoms with Crippen molar-refractivity contribution < 1.29 is 4.79 Å². The second-order valence-electron chi connectivity index (χ2n) is 8.69. The maximum Gasteiger partial charge on any atom is 0.255 e. The summed E-state index contributed by atoms with van der Waals surface area (Å²) in [7, 11) is 0. The topological polar surface area (TPSA) is 32.3 Å². The first-order valence-electron chi connectivity index (χ1n) is 10.5. The second-order valence-corrected chi connectivity index (χ2v) is 9.64. The van der Waals surface area contributed by atoms with E-state index in [1.807, 2.05) is 17.4 Å². The number of carbonyl (C=O) groups excluding carboxylic acids is 1. The molecule has 0 radical (unpaired) electrons. The summed E-state index contributed by atoms with van der Waals surface area (Å²) in [4.78, 5) is 16.9. The molecule has 146 valence electrons. The smallest absolute Gasteiger partial charge is 0.255 e. The van der Waals surface area contributed by atoms with E-state index in [0.29, 0.717) is 11.8 Å². The summed E-state index contributed by atoms with van der Waals surface area (Å²) in [6.45, 7) is 6.24. The van der Waals surface area contributed by atoms with Crippen molar-refractivity contribution >= 4 is 22.9 Å². The predicted octanol–water partition coefficient (Wildman–Crippen LogP) is 5.76. The fraction of sp³-hybridized carbons (Fsp3) is 0.458. The minimum absolute atomic E-state index is 0.193. The molecular weight excluding hydrogens is 364 g/mol. The highest BCUT2D eigenvalue weighted by atomic mass is 32.1. The number of piperidine rings is 1. The summed E-state index contributed by atoms with van der Waals surface area (Å²) in [5.41, 5.74) is 4.56. The van der Waals surface area contributed by atoms with Crippen LogP contribution in [0.2, 0.25) is 0 Å². The first kappa shape index (κ1) is 18.0. The van der Waals surface area contributed by atoms with Crippen molar-refractivity contribution in [2.75, 3.05) is 18.4 Å². The van der Waals surface area contributed by atoms with E-state index in [1.54, 1.807) is 0 Å². The third-order valence-electron chi connectivity index (χ3n) is 6.88. The van der Waals surface area contributed by atoms with Crippen LogP contribution in [0.3, 0.4) is 0 Å². The van der Waals surface area contributed by atoms with Gasteiger partial charge >= 0.3 is 0 Å². The van der Waals surface area contributed by atoms with E-state index in [9.17, 15) is 4.79 Å². The van der Waals surface area contributed by atoms with E-state index in [2.05, 4.69) is 59.8 Å². The average Bonchev–Trinajstić information content (AvgIpc) is 3.36. The van der Waals surface area contributed by atoms with Crippen LogP contribution in [0.15, 0.2) is 41.8 Å². The number of likely N-dealkylation sites (tertiary alicyclic amines) is 1. The van der Waals surface area contributed by atoms with Crippen LogP contribution in [-0.2, 0) is 0 Å². The van der Waals surface area contributed by atoms with Crippen LogP contribution >= 0.6 is 11.3 Å². The number of thiophene rings is 1. The molecule has 2 aliphatic heterocycles. The van der Waals surface area contributed by atoms with Gasteiger partial charge in [0, 0.05) is 23.9 Å². The zero-order valence-electron chi connectivity index (χ0n) is 16.7. The van der Waals surface area contributed by atoms with Crippen LogP contribution in [-0.4, -0.2) is 23.9 Å². The third kappa shape index (κ3) is 2.89. The van der Waals surface area contributed by atoms with E-state index in [4.69, 9.17) is 0 Å². The second kappa shape index (κ2) is 7.07. The lowest BCUT2D eigenvalue weighted by Crippen LogP contribution is -2.39. The van der Waals surface area contributed by atoms with Gasteiger partial charge in [0.2, 0.25) is 0 Å². The molecule has 1 aromatic heterocycles. The van der Waals surface area contributed by atoms with Gasteiger partial charge in [-0.25, -0.2) is 0 Å². The Balaban J connectivity index is 1.53. The summed E-state index contributed by atoms with van der Waals surface area (Å²) in [6.07, 6.45) is 8.00. The molecule has 0 spiro atoms. The van der Waals surface area contributed by atoms with Gasteiger partial charge in [0.1, 0.15) is 0 Å². The Hall–Kier alpha value is -2.07. The number of fused-ring (bicyclic) bond motifs is 3. The highest BCUT2D eigenvalue weighted by Crippen LogP contribution is 2.52. The maximum atomic E-state index is 13.4. The molecule has 1 aromatic carbocycles. The molecule has 1 aliphatic carbocycles. The zero-order chi connectivity index (χ0) is 19.3. The summed E-state index contributed by atoms with van der Waals surface area (Å²) in [6, 6.07) is 8.79. The van der Waals surface area contributed by atoms with Crippen LogP contribution in [0, 0.1) is 18.8 Å². The minimum Gasteiger partial charge on any atom is -0.376 e. The molecule has 28 heavy (non-hydrogen) atoms. The number of rotatable bonds is 2. The normalized spacial score (nSPS) is 26.6. The highest BCUT2D eigenvalue weighted by Gasteiger charge is 2.40.